The van der Waals surface area contributed by atoms with E-state index in [0.29, 0.717) is 5.41 Å². The Morgan fingerprint density at radius 1 is 1.20 bits per heavy atom. The molecular formula is C16H31ClN2O. The van der Waals surface area contributed by atoms with Gasteiger partial charge in [-0.2, -0.15) is 0 Å². The van der Waals surface area contributed by atoms with Gasteiger partial charge in [0.25, 0.3) is 0 Å². The van der Waals surface area contributed by atoms with E-state index < -0.39 is 0 Å². The van der Waals surface area contributed by atoms with Crippen molar-refractivity contribution in [1.29, 1.82) is 0 Å². The Bertz CT molecular complexity index is 284. The first-order chi connectivity index (χ1) is 9.18. The molecule has 0 unspecified atom stereocenters. The molecule has 1 saturated carbocycles. The van der Waals surface area contributed by atoms with E-state index in [4.69, 9.17) is 0 Å². The first-order valence-corrected chi connectivity index (χ1v) is 8.15. The van der Waals surface area contributed by atoms with Crippen LogP contribution in [0.5, 0.6) is 0 Å². The number of carbonyl (C=O) groups excluding carboxylic acids is 1. The van der Waals surface area contributed by atoms with Crippen LogP contribution in [0.25, 0.3) is 0 Å². The second-order valence-electron chi connectivity index (χ2n) is 6.88. The van der Waals surface area contributed by atoms with E-state index in [9.17, 15) is 4.79 Å². The zero-order valence-electron chi connectivity index (χ0n) is 12.9. The predicted octanol–water partition coefficient (Wildman–Crippen LogP) is 3.27. The normalized spacial score (nSPS) is 22.9. The maximum atomic E-state index is 11.9. The molecule has 0 aromatic carbocycles. The summed E-state index contributed by atoms with van der Waals surface area (Å²) in [5.41, 5.74) is 0.311. The van der Waals surface area contributed by atoms with Gasteiger partial charge in [0.2, 0.25) is 5.91 Å². The summed E-state index contributed by atoms with van der Waals surface area (Å²) < 4.78 is 0. The molecule has 20 heavy (non-hydrogen) atoms. The molecule has 118 valence electrons. The van der Waals surface area contributed by atoms with Crippen LogP contribution in [0.4, 0.5) is 0 Å². The fourth-order valence-corrected chi connectivity index (χ4v) is 3.42. The quantitative estimate of drug-likeness (QED) is 0.818. The standard InChI is InChI=1S/C16H30N2O.ClH/c1-16(9-11-17-12-10-16)13-18-15(19)8-7-14-5-3-2-4-6-14;/h14,17H,2-13H2,1H3,(H,18,19);1H. The highest BCUT2D eigenvalue weighted by atomic mass is 35.5. The molecule has 1 aliphatic heterocycles. The van der Waals surface area contributed by atoms with Crippen LogP contribution in [0.1, 0.15) is 64.7 Å². The summed E-state index contributed by atoms with van der Waals surface area (Å²) in [6.45, 7) is 5.34. The van der Waals surface area contributed by atoms with Gasteiger partial charge in [-0.15, -0.1) is 12.4 Å². The highest BCUT2D eigenvalue weighted by Gasteiger charge is 2.27. The lowest BCUT2D eigenvalue weighted by atomic mass is 9.81. The Morgan fingerprint density at radius 2 is 1.85 bits per heavy atom. The second kappa shape index (κ2) is 8.89. The zero-order chi connectivity index (χ0) is 13.6. The molecule has 1 saturated heterocycles. The molecule has 0 spiro atoms. The first kappa shape index (κ1) is 17.8. The van der Waals surface area contributed by atoms with Crippen molar-refractivity contribution in [3.05, 3.63) is 0 Å². The topological polar surface area (TPSA) is 41.1 Å². The molecule has 0 radical (unpaired) electrons. The molecule has 0 atom stereocenters. The van der Waals surface area contributed by atoms with Crippen LogP contribution in [0, 0.1) is 11.3 Å². The Labute approximate surface area is 130 Å². The van der Waals surface area contributed by atoms with Crippen LogP contribution in [0.15, 0.2) is 0 Å². The number of hydrogen-bond donors (Lipinski definition) is 2. The summed E-state index contributed by atoms with van der Waals surface area (Å²) in [5, 5.41) is 6.55. The lowest BCUT2D eigenvalue weighted by Gasteiger charge is -2.34. The minimum Gasteiger partial charge on any atom is -0.356 e. The summed E-state index contributed by atoms with van der Waals surface area (Å²) in [5.74, 6) is 1.08. The Kier molecular flexibility index (Phi) is 7.90. The highest BCUT2D eigenvalue weighted by molar-refractivity contribution is 5.85. The fraction of sp³-hybridized carbons (Fsp3) is 0.938. The van der Waals surface area contributed by atoms with E-state index in [2.05, 4.69) is 17.6 Å². The van der Waals surface area contributed by atoms with Gasteiger partial charge in [0.05, 0.1) is 0 Å². The number of carbonyl (C=O) groups is 1. The number of amides is 1. The van der Waals surface area contributed by atoms with E-state index in [1.165, 1.54) is 44.9 Å². The molecule has 0 aromatic heterocycles. The van der Waals surface area contributed by atoms with Crippen LogP contribution < -0.4 is 10.6 Å². The molecule has 2 N–H and O–H groups in total. The molecule has 1 amide bonds. The smallest absolute Gasteiger partial charge is 0.220 e. The largest absolute Gasteiger partial charge is 0.356 e. The van der Waals surface area contributed by atoms with E-state index in [1.807, 2.05) is 0 Å². The van der Waals surface area contributed by atoms with Crippen molar-refractivity contribution >= 4 is 18.3 Å². The molecular weight excluding hydrogens is 272 g/mol. The molecule has 1 heterocycles. The third kappa shape index (κ3) is 6.01. The van der Waals surface area contributed by atoms with E-state index in [0.717, 1.165) is 38.4 Å². The fourth-order valence-electron chi connectivity index (χ4n) is 3.42. The van der Waals surface area contributed by atoms with E-state index in [1.54, 1.807) is 0 Å². The molecule has 0 bridgehead atoms. The minimum absolute atomic E-state index is 0. The third-order valence-corrected chi connectivity index (χ3v) is 5.03. The van der Waals surface area contributed by atoms with Crippen molar-refractivity contribution < 1.29 is 4.79 Å². The summed E-state index contributed by atoms with van der Waals surface area (Å²) in [6.07, 6.45) is 11.0. The van der Waals surface area contributed by atoms with E-state index in [-0.39, 0.29) is 18.3 Å². The Hall–Kier alpha value is -0.280. The first-order valence-electron chi connectivity index (χ1n) is 8.15. The summed E-state index contributed by atoms with van der Waals surface area (Å²) in [7, 11) is 0. The number of piperidine rings is 1. The van der Waals surface area contributed by atoms with Crippen molar-refractivity contribution in [1.82, 2.24) is 10.6 Å². The van der Waals surface area contributed by atoms with Crippen molar-refractivity contribution in [2.24, 2.45) is 11.3 Å². The van der Waals surface area contributed by atoms with Crippen molar-refractivity contribution in [3.63, 3.8) is 0 Å². The summed E-state index contributed by atoms with van der Waals surface area (Å²) >= 11 is 0. The molecule has 2 rings (SSSR count). The molecule has 1 aliphatic carbocycles. The van der Waals surface area contributed by atoms with Crippen LogP contribution in [-0.4, -0.2) is 25.5 Å². The SMILES string of the molecule is CC1(CNC(=O)CCC2CCCCC2)CCNCC1.Cl. The van der Waals surface area contributed by atoms with Gasteiger partial charge in [0.1, 0.15) is 0 Å². The minimum atomic E-state index is 0. The van der Waals surface area contributed by atoms with Gasteiger partial charge in [0.15, 0.2) is 0 Å². The van der Waals surface area contributed by atoms with Crippen LogP contribution in [0.2, 0.25) is 0 Å². The molecule has 2 fully saturated rings. The van der Waals surface area contributed by atoms with Crippen LogP contribution in [0.3, 0.4) is 0 Å². The average Bonchev–Trinajstić information content (AvgIpc) is 2.45. The average molecular weight is 303 g/mol. The highest BCUT2D eigenvalue weighted by Crippen LogP contribution is 2.28. The monoisotopic (exact) mass is 302 g/mol. The number of hydrogen-bond acceptors (Lipinski definition) is 2. The van der Waals surface area contributed by atoms with E-state index >= 15 is 0 Å². The van der Waals surface area contributed by atoms with Crippen molar-refractivity contribution in [2.75, 3.05) is 19.6 Å². The zero-order valence-corrected chi connectivity index (χ0v) is 13.7. The lowest BCUT2D eigenvalue weighted by molar-refractivity contribution is -0.122. The van der Waals surface area contributed by atoms with Crippen molar-refractivity contribution in [3.8, 4) is 0 Å². The van der Waals surface area contributed by atoms with Gasteiger partial charge in [-0.25, -0.2) is 0 Å². The van der Waals surface area contributed by atoms with Gasteiger partial charge in [0, 0.05) is 13.0 Å². The molecule has 3 nitrogen and oxygen atoms in total. The molecule has 4 heteroatoms. The summed E-state index contributed by atoms with van der Waals surface area (Å²) in [4.78, 5) is 11.9. The van der Waals surface area contributed by atoms with Crippen LogP contribution in [-0.2, 0) is 4.79 Å². The van der Waals surface area contributed by atoms with Crippen molar-refractivity contribution in [2.45, 2.75) is 64.7 Å². The number of rotatable bonds is 5. The third-order valence-electron chi connectivity index (χ3n) is 5.03. The maximum Gasteiger partial charge on any atom is 0.220 e. The second-order valence-corrected chi connectivity index (χ2v) is 6.88. The lowest BCUT2D eigenvalue weighted by Crippen LogP contribution is -2.42. The van der Waals surface area contributed by atoms with Crippen LogP contribution >= 0.6 is 12.4 Å². The maximum absolute atomic E-state index is 11.9. The van der Waals surface area contributed by atoms with Gasteiger partial charge in [-0.3, -0.25) is 4.79 Å². The summed E-state index contributed by atoms with van der Waals surface area (Å²) in [6, 6.07) is 0. The Balaban J connectivity index is 0.00000200. The van der Waals surface area contributed by atoms with Gasteiger partial charge < -0.3 is 10.6 Å². The van der Waals surface area contributed by atoms with Gasteiger partial charge >= 0.3 is 0 Å². The number of nitrogens with one attached hydrogen (secondary N) is 2. The van der Waals surface area contributed by atoms with Gasteiger partial charge in [-0.1, -0.05) is 39.0 Å². The van der Waals surface area contributed by atoms with Gasteiger partial charge in [-0.05, 0) is 43.7 Å². The molecule has 0 aromatic rings. The molecule has 2 aliphatic rings. The Morgan fingerprint density at radius 3 is 2.50 bits per heavy atom. The number of halogens is 1. The predicted molar refractivity (Wildman–Crippen MR) is 86.3 cm³/mol.